The number of benzene rings is 4. The van der Waals surface area contributed by atoms with E-state index < -0.39 is 22.8 Å². The van der Waals surface area contributed by atoms with Crippen LogP contribution in [-0.2, 0) is 23.4 Å². The number of para-hydroxylation sites is 1. The monoisotopic (exact) mass is 544 g/mol. The zero-order valence-corrected chi connectivity index (χ0v) is 22.5. The van der Waals surface area contributed by atoms with E-state index in [2.05, 4.69) is 0 Å². The number of rotatable bonds is 4. The van der Waals surface area contributed by atoms with Crippen molar-refractivity contribution in [3.05, 3.63) is 146 Å². The van der Waals surface area contributed by atoms with E-state index in [1.165, 1.54) is 17.0 Å². The molecule has 0 saturated heterocycles. The minimum Gasteiger partial charge on any atom is -0.450 e. The summed E-state index contributed by atoms with van der Waals surface area (Å²) in [6, 6.07) is 26.1. The molecule has 202 valence electrons. The van der Waals surface area contributed by atoms with Crippen LogP contribution in [0, 0.1) is 19.7 Å². The van der Waals surface area contributed by atoms with Crippen molar-refractivity contribution in [2.24, 2.45) is 0 Å². The Hall–Kier alpha value is -5.04. The lowest BCUT2D eigenvalue weighted by Crippen LogP contribution is -2.52. The summed E-state index contributed by atoms with van der Waals surface area (Å²) in [6.45, 7) is 4.07. The lowest BCUT2D eigenvalue weighted by Gasteiger charge is -2.34. The van der Waals surface area contributed by atoms with Crippen molar-refractivity contribution >= 4 is 28.5 Å². The predicted octanol–water partition coefficient (Wildman–Crippen LogP) is 6.00. The van der Waals surface area contributed by atoms with Crippen molar-refractivity contribution in [2.45, 2.75) is 32.5 Å². The molecule has 2 aliphatic rings. The van der Waals surface area contributed by atoms with Crippen LogP contribution in [0.25, 0.3) is 11.0 Å². The highest BCUT2D eigenvalue weighted by Crippen LogP contribution is 2.53. The zero-order valence-electron chi connectivity index (χ0n) is 22.5. The molecule has 1 atom stereocenters. The van der Waals surface area contributed by atoms with Gasteiger partial charge in [0.15, 0.2) is 11.0 Å². The summed E-state index contributed by atoms with van der Waals surface area (Å²) in [5.74, 6) is -1.45. The lowest BCUT2D eigenvalue weighted by atomic mass is 9.83. The number of hydrogen-bond acceptors (Lipinski definition) is 4. The van der Waals surface area contributed by atoms with Gasteiger partial charge in [0.25, 0.3) is 11.8 Å². The molecule has 0 N–H and O–H groups in total. The average molecular weight is 545 g/mol. The molecule has 1 spiro atoms. The molecule has 0 aliphatic carbocycles. The van der Waals surface area contributed by atoms with E-state index in [1.54, 1.807) is 41.3 Å². The molecule has 4 aromatic carbocycles. The number of carbonyl (C=O) groups is 2. The van der Waals surface area contributed by atoms with Crippen LogP contribution in [0.15, 0.2) is 100 Å². The van der Waals surface area contributed by atoms with Gasteiger partial charge in [-0.15, -0.1) is 0 Å². The molecule has 0 saturated carbocycles. The molecule has 1 aromatic heterocycles. The van der Waals surface area contributed by atoms with Crippen LogP contribution in [0.5, 0.6) is 0 Å². The minimum atomic E-state index is -1.73. The van der Waals surface area contributed by atoms with Crippen LogP contribution >= 0.6 is 0 Å². The summed E-state index contributed by atoms with van der Waals surface area (Å²) >= 11 is 0. The van der Waals surface area contributed by atoms with E-state index in [-0.39, 0.29) is 30.2 Å². The molecule has 2 amide bonds. The maximum Gasteiger partial charge on any atom is 0.291 e. The van der Waals surface area contributed by atoms with E-state index >= 15 is 0 Å². The number of nitrogens with zero attached hydrogens (tertiary/aromatic N) is 2. The number of fused-ring (bicyclic) bond motifs is 5. The van der Waals surface area contributed by atoms with Crippen molar-refractivity contribution < 1.29 is 18.4 Å². The molecule has 0 fully saturated rings. The van der Waals surface area contributed by atoms with Crippen LogP contribution < -0.4 is 10.3 Å². The number of amides is 2. The van der Waals surface area contributed by atoms with Gasteiger partial charge < -0.3 is 14.2 Å². The van der Waals surface area contributed by atoms with Crippen molar-refractivity contribution in [3.8, 4) is 0 Å². The van der Waals surface area contributed by atoms with Crippen LogP contribution in [0.2, 0.25) is 0 Å². The van der Waals surface area contributed by atoms with Crippen molar-refractivity contribution in [1.29, 1.82) is 0 Å². The Labute approximate surface area is 235 Å². The van der Waals surface area contributed by atoms with Gasteiger partial charge in [-0.1, -0.05) is 71.8 Å². The zero-order chi connectivity index (χ0) is 28.5. The first kappa shape index (κ1) is 25.0. The number of aryl methyl sites for hydroxylation is 2. The largest absolute Gasteiger partial charge is 0.450 e. The van der Waals surface area contributed by atoms with Crippen molar-refractivity contribution in [2.75, 3.05) is 4.90 Å². The first-order valence-corrected chi connectivity index (χ1v) is 13.4. The fraction of sp³-hybridized carbons (Fsp3) is 0.147. The second kappa shape index (κ2) is 8.99. The van der Waals surface area contributed by atoms with Gasteiger partial charge in [0.2, 0.25) is 5.76 Å². The van der Waals surface area contributed by atoms with Gasteiger partial charge in [-0.3, -0.25) is 14.4 Å². The third-order valence-electron chi connectivity index (χ3n) is 8.11. The Bertz CT molecular complexity index is 1950. The maximum atomic E-state index is 14.9. The van der Waals surface area contributed by atoms with Crippen LogP contribution in [-0.4, -0.2) is 16.7 Å². The Morgan fingerprint density at radius 1 is 0.780 bits per heavy atom. The van der Waals surface area contributed by atoms with E-state index in [1.807, 2.05) is 56.3 Å². The van der Waals surface area contributed by atoms with Crippen LogP contribution in [0.4, 0.5) is 10.1 Å². The molecule has 7 rings (SSSR count). The molecular formula is C34H25FN2O4. The van der Waals surface area contributed by atoms with Gasteiger partial charge in [0.1, 0.15) is 11.4 Å². The first-order valence-electron chi connectivity index (χ1n) is 13.4. The Balaban J connectivity index is 1.50. The number of anilines is 1. The number of halogens is 1. The fourth-order valence-electron chi connectivity index (χ4n) is 6.13. The minimum absolute atomic E-state index is 0.0340. The van der Waals surface area contributed by atoms with E-state index in [9.17, 15) is 18.8 Å². The lowest BCUT2D eigenvalue weighted by molar-refractivity contribution is -0.126. The van der Waals surface area contributed by atoms with Gasteiger partial charge in [-0.25, -0.2) is 4.39 Å². The summed E-state index contributed by atoms with van der Waals surface area (Å²) in [6.07, 6.45) is 0. The summed E-state index contributed by atoms with van der Waals surface area (Å²) in [4.78, 5) is 46.5. The first-order chi connectivity index (χ1) is 19.8. The molecule has 3 heterocycles. The maximum absolute atomic E-state index is 14.9. The summed E-state index contributed by atoms with van der Waals surface area (Å²) in [5.41, 5.74) is 2.75. The Morgan fingerprint density at radius 3 is 2.20 bits per heavy atom. The van der Waals surface area contributed by atoms with Gasteiger partial charge in [0.05, 0.1) is 23.2 Å². The van der Waals surface area contributed by atoms with Crippen LogP contribution in [0.1, 0.15) is 43.9 Å². The number of hydrogen-bond donors (Lipinski definition) is 0. The quantitative estimate of drug-likeness (QED) is 0.279. The highest BCUT2D eigenvalue weighted by Gasteiger charge is 2.64. The fourth-order valence-corrected chi connectivity index (χ4v) is 6.13. The standard InChI is InChI=1S/C34H25FN2O4/c1-20-7-10-23(11-8-20)19-37-32(39)31-29(30(38)25-17-21(2)9-16-28(25)41-31)34(37)26-5-3-4-6-27(26)36(33(34)40)18-22-12-14-24(35)15-13-22/h3-17H,18-19H2,1-2H3. The second-order valence-corrected chi connectivity index (χ2v) is 10.8. The molecule has 0 radical (unpaired) electrons. The highest BCUT2D eigenvalue weighted by atomic mass is 19.1. The molecular weight excluding hydrogens is 519 g/mol. The normalized spacial score (nSPS) is 17.5. The predicted molar refractivity (Wildman–Crippen MR) is 153 cm³/mol. The van der Waals surface area contributed by atoms with Gasteiger partial charge in [-0.05, 0) is 55.3 Å². The average Bonchev–Trinajstić information content (AvgIpc) is 3.36. The molecule has 2 aliphatic heterocycles. The van der Waals surface area contributed by atoms with Gasteiger partial charge in [0, 0.05) is 12.1 Å². The summed E-state index contributed by atoms with van der Waals surface area (Å²) < 4.78 is 19.8. The Kier molecular flexibility index (Phi) is 5.47. The van der Waals surface area contributed by atoms with Crippen LogP contribution in [0.3, 0.4) is 0 Å². The topological polar surface area (TPSA) is 70.8 Å². The van der Waals surface area contributed by atoms with E-state index in [4.69, 9.17) is 4.42 Å². The molecule has 6 nitrogen and oxygen atoms in total. The molecule has 1 unspecified atom stereocenters. The third-order valence-corrected chi connectivity index (χ3v) is 8.11. The third kappa shape index (κ3) is 3.58. The molecule has 41 heavy (non-hydrogen) atoms. The van der Waals surface area contributed by atoms with E-state index in [0.717, 1.165) is 16.7 Å². The van der Waals surface area contributed by atoms with E-state index in [0.29, 0.717) is 27.8 Å². The van der Waals surface area contributed by atoms with Gasteiger partial charge in [-0.2, -0.15) is 0 Å². The Morgan fingerprint density at radius 2 is 1.44 bits per heavy atom. The molecule has 7 heteroatoms. The van der Waals surface area contributed by atoms with Crippen molar-refractivity contribution in [1.82, 2.24) is 4.90 Å². The number of carbonyl (C=O) groups excluding carboxylic acids is 2. The van der Waals surface area contributed by atoms with Gasteiger partial charge >= 0.3 is 0 Å². The molecule has 5 aromatic rings. The highest BCUT2D eigenvalue weighted by molar-refractivity contribution is 6.17. The molecule has 0 bridgehead atoms. The smallest absolute Gasteiger partial charge is 0.291 e. The SMILES string of the molecule is Cc1ccc(CN2C(=O)c3oc4ccc(C)cc4c(=O)c3C23C(=O)N(Cc2ccc(F)cc2)c2ccccc23)cc1. The summed E-state index contributed by atoms with van der Waals surface area (Å²) in [5, 5.41) is 0.315. The summed E-state index contributed by atoms with van der Waals surface area (Å²) in [7, 11) is 0. The second-order valence-electron chi connectivity index (χ2n) is 10.8. The van der Waals surface area contributed by atoms with Crippen molar-refractivity contribution in [3.63, 3.8) is 0 Å².